The monoisotopic (exact) mass is 262 g/mol. The molecular weight excluding hydrogens is 244 g/mol. The summed E-state index contributed by atoms with van der Waals surface area (Å²) in [5.41, 5.74) is 0.540. The van der Waals surface area contributed by atoms with Gasteiger partial charge in [-0.2, -0.15) is 0 Å². The minimum Gasteiger partial charge on any atom is -0.497 e. The third kappa shape index (κ3) is 2.86. The van der Waals surface area contributed by atoms with Gasteiger partial charge in [0.1, 0.15) is 5.75 Å². The average molecular weight is 262 g/mol. The molecule has 0 saturated carbocycles. The number of amides is 3. The van der Waals surface area contributed by atoms with Crippen LogP contribution in [0.2, 0.25) is 0 Å². The Labute approximate surface area is 112 Å². The molecule has 1 fully saturated rings. The van der Waals surface area contributed by atoms with Crippen molar-refractivity contribution in [3.63, 3.8) is 0 Å². The fourth-order valence-corrected chi connectivity index (χ4v) is 2.13. The van der Waals surface area contributed by atoms with E-state index in [-0.39, 0.29) is 17.9 Å². The molecule has 102 valence electrons. The zero-order valence-corrected chi connectivity index (χ0v) is 11.2. The Morgan fingerprint density at radius 2 is 2.21 bits per heavy atom. The minimum atomic E-state index is -0.366. The molecule has 1 aliphatic rings. The zero-order valence-electron chi connectivity index (χ0n) is 11.2. The van der Waals surface area contributed by atoms with E-state index in [0.29, 0.717) is 24.4 Å². The van der Waals surface area contributed by atoms with Crippen LogP contribution in [0.4, 0.5) is 10.5 Å². The maximum absolute atomic E-state index is 12.2. The van der Waals surface area contributed by atoms with Crippen molar-refractivity contribution < 1.29 is 14.3 Å². The van der Waals surface area contributed by atoms with Crippen LogP contribution in [0.1, 0.15) is 19.8 Å². The van der Waals surface area contributed by atoms with Crippen molar-refractivity contribution in [1.82, 2.24) is 5.32 Å². The molecule has 1 heterocycles. The standard InChI is InChI=1S/C14H18N2O3/c1-3-10-7-13(17)16(14(18)15-9-10)11-5-4-6-12(8-11)19-2/h4-6,8,10H,3,7,9H2,1-2H3,(H,15,18). The SMILES string of the molecule is CCC1CNC(=O)N(c2cccc(OC)c2)C(=O)C1. The maximum atomic E-state index is 12.2. The van der Waals surface area contributed by atoms with E-state index in [1.54, 1.807) is 31.4 Å². The second-order valence-electron chi connectivity index (χ2n) is 4.60. The van der Waals surface area contributed by atoms with E-state index < -0.39 is 0 Å². The number of ether oxygens (including phenoxy) is 1. The summed E-state index contributed by atoms with van der Waals surface area (Å²) < 4.78 is 5.12. The lowest BCUT2D eigenvalue weighted by Gasteiger charge is -2.19. The molecule has 0 bridgehead atoms. The molecule has 0 spiro atoms. The van der Waals surface area contributed by atoms with Crippen LogP contribution >= 0.6 is 0 Å². The molecule has 1 aromatic carbocycles. The first kappa shape index (κ1) is 13.4. The lowest BCUT2D eigenvalue weighted by molar-refractivity contribution is -0.118. The van der Waals surface area contributed by atoms with Crippen molar-refractivity contribution in [2.24, 2.45) is 5.92 Å². The molecule has 0 radical (unpaired) electrons. The van der Waals surface area contributed by atoms with E-state index in [1.807, 2.05) is 6.92 Å². The van der Waals surface area contributed by atoms with Crippen molar-refractivity contribution in [2.75, 3.05) is 18.6 Å². The molecule has 2 rings (SSSR count). The zero-order chi connectivity index (χ0) is 13.8. The van der Waals surface area contributed by atoms with E-state index in [9.17, 15) is 9.59 Å². The van der Waals surface area contributed by atoms with Gasteiger partial charge in [0, 0.05) is 19.0 Å². The highest BCUT2D eigenvalue weighted by Crippen LogP contribution is 2.24. The van der Waals surface area contributed by atoms with Gasteiger partial charge < -0.3 is 10.1 Å². The van der Waals surface area contributed by atoms with Gasteiger partial charge in [-0.1, -0.05) is 19.4 Å². The van der Waals surface area contributed by atoms with E-state index in [2.05, 4.69) is 5.32 Å². The number of carbonyl (C=O) groups is 2. The third-order valence-electron chi connectivity index (χ3n) is 3.35. The number of rotatable bonds is 3. The summed E-state index contributed by atoms with van der Waals surface area (Å²) in [5.74, 6) is 0.650. The van der Waals surface area contributed by atoms with Crippen LogP contribution in [0.15, 0.2) is 24.3 Å². The van der Waals surface area contributed by atoms with E-state index in [0.717, 1.165) is 6.42 Å². The maximum Gasteiger partial charge on any atom is 0.328 e. The van der Waals surface area contributed by atoms with Gasteiger partial charge in [-0.15, -0.1) is 0 Å². The van der Waals surface area contributed by atoms with Gasteiger partial charge in [-0.25, -0.2) is 9.69 Å². The number of benzene rings is 1. The highest BCUT2D eigenvalue weighted by molar-refractivity contribution is 6.14. The number of hydrogen-bond acceptors (Lipinski definition) is 3. The molecule has 1 aromatic rings. The molecule has 19 heavy (non-hydrogen) atoms. The highest BCUT2D eigenvalue weighted by Gasteiger charge is 2.29. The predicted octanol–water partition coefficient (Wildman–Crippen LogP) is 2.17. The first-order valence-electron chi connectivity index (χ1n) is 6.40. The van der Waals surface area contributed by atoms with Gasteiger partial charge in [-0.05, 0) is 18.1 Å². The fourth-order valence-electron chi connectivity index (χ4n) is 2.13. The predicted molar refractivity (Wildman–Crippen MR) is 72.3 cm³/mol. The highest BCUT2D eigenvalue weighted by atomic mass is 16.5. The summed E-state index contributed by atoms with van der Waals surface area (Å²) in [6.45, 7) is 2.56. The Bertz CT molecular complexity index is 487. The van der Waals surface area contributed by atoms with E-state index >= 15 is 0 Å². The molecule has 1 saturated heterocycles. The molecule has 1 N–H and O–H groups in total. The number of anilines is 1. The lowest BCUT2D eigenvalue weighted by Crippen LogP contribution is -2.41. The molecule has 5 heteroatoms. The topological polar surface area (TPSA) is 58.6 Å². The van der Waals surface area contributed by atoms with Gasteiger partial charge in [0.05, 0.1) is 12.8 Å². The molecule has 1 atom stereocenters. The number of nitrogens with one attached hydrogen (secondary N) is 1. The van der Waals surface area contributed by atoms with Crippen LogP contribution in [-0.4, -0.2) is 25.6 Å². The van der Waals surface area contributed by atoms with Crippen molar-refractivity contribution in [3.05, 3.63) is 24.3 Å². The van der Waals surface area contributed by atoms with Crippen LogP contribution in [0.5, 0.6) is 5.75 Å². The first-order chi connectivity index (χ1) is 9.15. The van der Waals surface area contributed by atoms with E-state index in [1.165, 1.54) is 4.90 Å². The number of urea groups is 1. The fraction of sp³-hybridized carbons (Fsp3) is 0.429. The normalized spacial score (nSPS) is 19.9. The van der Waals surface area contributed by atoms with Crippen LogP contribution in [-0.2, 0) is 4.79 Å². The van der Waals surface area contributed by atoms with Crippen molar-refractivity contribution in [1.29, 1.82) is 0 Å². The Balaban J connectivity index is 2.30. The van der Waals surface area contributed by atoms with Crippen molar-refractivity contribution >= 4 is 17.6 Å². The van der Waals surface area contributed by atoms with Crippen LogP contribution in [0.25, 0.3) is 0 Å². The Hall–Kier alpha value is -2.04. The quantitative estimate of drug-likeness (QED) is 0.908. The summed E-state index contributed by atoms with van der Waals surface area (Å²) in [6, 6.07) is 6.58. The molecule has 3 amide bonds. The van der Waals surface area contributed by atoms with Gasteiger partial charge in [0.25, 0.3) is 0 Å². The summed E-state index contributed by atoms with van der Waals surface area (Å²) >= 11 is 0. The second-order valence-corrected chi connectivity index (χ2v) is 4.60. The molecule has 1 unspecified atom stereocenters. The molecule has 0 aliphatic carbocycles. The van der Waals surface area contributed by atoms with E-state index in [4.69, 9.17) is 4.74 Å². The van der Waals surface area contributed by atoms with Crippen LogP contribution < -0.4 is 15.0 Å². The summed E-state index contributed by atoms with van der Waals surface area (Å²) in [5, 5.41) is 2.79. The summed E-state index contributed by atoms with van der Waals surface area (Å²) in [6.07, 6.45) is 1.25. The first-order valence-corrected chi connectivity index (χ1v) is 6.40. The summed E-state index contributed by atoms with van der Waals surface area (Å²) in [4.78, 5) is 25.5. The molecule has 0 aromatic heterocycles. The number of methoxy groups -OCH3 is 1. The molecule has 1 aliphatic heterocycles. The van der Waals surface area contributed by atoms with Gasteiger partial charge >= 0.3 is 6.03 Å². The smallest absolute Gasteiger partial charge is 0.328 e. The largest absolute Gasteiger partial charge is 0.497 e. The number of imide groups is 1. The Morgan fingerprint density at radius 1 is 1.42 bits per heavy atom. The van der Waals surface area contributed by atoms with Crippen molar-refractivity contribution in [3.8, 4) is 5.75 Å². The Kier molecular flexibility index (Phi) is 4.04. The van der Waals surface area contributed by atoms with Gasteiger partial charge in [-0.3, -0.25) is 4.79 Å². The summed E-state index contributed by atoms with van der Waals surface area (Å²) in [7, 11) is 1.55. The van der Waals surface area contributed by atoms with Crippen LogP contribution in [0.3, 0.4) is 0 Å². The number of carbonyl (C=O) groups excluding carboxylic acids is 2. The third-order valence-corrected chi connectivity index (χ3v) is 3.35. The number of hydrogen-bond donors (Lipinski definition) is 1. The molecular formula is C14H18N2O3. The lowest BCUT2D eigenvalue weighted by atomic mass is 10.0. The van der Waals surface area contributed by atoms with Crippen molar-refractivity contribution in [2.45, 2.75) is 19.8 Å². The minimum absolute atomic E-state index is 0.171. The second kappa shape index (κ2) is 5.73. The van der Waals surface area contributed by atoms with Gasteiger partial charge in [0.15, 0.2) is 0 Å². The molecule has 5 nitrogen and oxygen atoms in total. The number of nitrogens with zero attached hydrogens (tertiary/aromatic N) is 1. The van der Waals surface area contributed by atoms with Crippen LogP contribution in [0, 0.1) is 5.92 Å². The average Bonchev–Trinajstić information content (AvgIpc) is 2.57. The van der Waals surface area contributed by atoms with Gasteiger partial charge in [0.2, 0.25) is 5.91 Å². The Morgan fingerprint density at radius 3 is 2.89 bits per heavy atom.